The summed E-state index contributed by atoms with van der Waals surface area (Å²) in [7, 11) is 0. The number of rotatable bonds is 3. The maximum Gasteiger partial charge on any atom is 0.146 e. The van der Waals surface area contributed by atoms with Crippen LogP contribution in [0, 0.1) is 11.7 Å². The fraction of sp³-hybridized carbons (Fsp3) is 0.647. The first-order valence-corrected chi connectivity index (χ1v) is 7.91. The second kappa shape index (κ2) is 5.72. The van der Waals surface area contributed by atoms with Gasteiger partial charge in [0, 0.05) is 12.6 Å². The summed E-state index contributed by atoms with van der Waals surface area (Å²) in [5, 5.41) is 9.55. The molecule has 1 saturated carbocycles. The number of benzene rings is 1. The number of anilines is 1. The smallest absolute Gasteiger partial charge is 0.146 e. The molecule has 0 aromatic heterocycles. The molecule has 1 aliphatic carbocycles. The SMILES string of the molecule is C[C@H](O)c1ccc(N2CCCC2C2CCCC2)c(F)c1. The highest BCUT2D eigenvalue weighted by Crippen LogP contribution is 2.38. The number of hydrogen-bond acceptors (Lipinski definition) is 2. The average molecular weight is 277 g/mol. The summed E-state index contributed by atoms with van der Waals surface area (Å²) in [6.45, 7) is 2.64. The third-order valence-corrected chi connectivity index (χ3v) is 5.01. The molecule has 110 valence electrons. The molecule has 3 heteroatoms. The van der Waals surface area contributed by atoms with E-state index in [0.29, 0.717) is 11.6 Å². The van der Waals surface area contributed by atoms with Gasteiger partial charge in [-0.25, -0.2) is 4.39 Å². The van der Waals surface area contributed by atoms with Gasteiger partial charge in [-0.2, -0.15) is 0 Å². The first kappa shape index (κ1) is 13.9. The van der Waals surface area contributed by atoms with Crippen molar-refractivity contribution in [1.82, 2.24) is 0 Å². The van der Waals surface area contributed by atoms with Gasteiger partial charge in [0.25, 0.3) is 0 Å². The normalized spacial score (nSPS) is 25.4. The van der Waals surface area contributed by atoms with Crippen molar-refractivity contribution < 1.29 is 9.50 Å². The van der Waals surface area contributed by atoms with Crippen LogP contribution in [0.5, 0.6) is 0 Å². The maximum absolute atomic E-state index is 14.4. The summed E-state index contributed by atoms with van der Waals surface area (Å²) in [4.78, 5) is 2.27. The standard InChI is InChI=1S/C17H24FNO/c1-12(20)14-8-9-17(15(18)11-14)19-10-4-7-16(19)13-5-2-3-6-13/h8-9,11-13,16,20H,2-7,10H2,1H3/t12-,16?/m0/s1. The number of aliphatic hydroxyl groups excluding tert-OH is 1. The number of hydrogen-bond donors (Lipinski definition) is 1. The summed E-state index contributed by atoms with van der Waals surface area (Å²) >= 11 is 0. The second-order valence-corrected chi connectivity index (χ2v) is 6.33. The lowest BCUT2D eigenvalue weighted by Crippen LogP contribution is -2.35. The molecular weight excluding hydrogens is 253 g/mol. The van der Waals surface area contributed by atoms with Gasteiger partial charge < -0.3 is 10.0 Å². The van der Waals surface area contributed by atoms with Crippen LogP contribution in [-0.4, -0.2) is 17.7 Å². The summed E-state index contributed by atoms with van der Waals surface area (Å²) in [5.74, 6) is 0.557. The van der Waals surface area contributed by atoms with E-state index in [9.17, 15) is 9.50 Å². The van der Waals surface area contributed by atoms with Gasteiger partial charge in [-0.3, -0.25) is 0 Å². The number of halogens is 1. The highest BCUT2D eigenvalue weighted by molar-refractivity contribution is 5.51. The summed E-state index contributed by atoms with van der Waals surface area (Å²) in [6.07, 6.45) is 7.02. The minimum absolute atomic E-state index is 0.187. The Morgan fingerprint density at radius 1 is 1.20 bits per heavy atom. The summed E-state index contributed by atoms with van der Waals surface area (Å²) in [6, 6.07) is 5.71. The van der Waals surface area contributed by atoms with Crippen LogP contribution < -0.4 is 4.90 Å². The minimum Gasteiger partial charge on any atom is -0.389 e. The van der Waals surface area contributed by atoms with Crippen LogP contribution in [0.3, 0.4) is 0 Å². The molecule has 0 radical (unpaired) electrons. The van der Waals surface area contributed by atoms with Gasteiger partial charge in [0.05, 0.1) is 11.8 Å². The quantitative estimate of drug-likeness (QED) is 0.901. The van der Waals surface area contributed by atoms with E-state index >= 15 is 0 Å². The van der Waals surface area contributed by atoms with Crippen LogP contribution in [0.15, 0.2) is 18.2 Å². The molecule has 1 aliphatic heterocycles. The Balaban J connectivity index is 1.83. The molecule has 1 saturated heterocycles. The molecule has 2 nitrogen and oxygen atoms in total. The lowest BCUT2D eigenvalue weighted by atomic mass is 9.95. The van der Waals surface area contributed by atoms with Gasteiger partial charge in [0.1, 0.15) is 5.82 Å². The van der Waals surface area contributed by atoms with Crippen LogP contribution >= 0.6 is 0 Å². The first-order chi connectivity index (χ1) is 9.66. The molecule has 0 spiro atoms. The zero-order valence-corrected chi connectivity index (χ0v) is 12.2. The van der Waals surface area contributed by atoms with Crippen LogP contribution in [-0.2, 0) is 0 Å². The topological polar surface area (TPSA) is 23.5 Å². The van der Waals surface area contributed by atoms with Gasteiger partial charge in [-0.05, 0) is 56.2 Å². The third-order valence-electron chi connectivity index (χ3n) is 5.01. The van der Waals surface area contributed by atoms with Gasteiger partial charge in [0.15, 0.2) is 0 Å². The fourth-order valence-electron chi connectivity index (χ4n) is 3.94. The van der Waals surface area contributed by atoms with Gasteiger partial charge in [0.2, 0.25) is 0 Å². The lowest BCUT2D eigenvalue weighted by molar-refractivity contribution is 0.199. The Hall–Kier alpha value is -1.09. The molecular formula is C17H24FNO. The number of nitrogens with zero attached hydrogens (tertiary/aromatic N) is 1. The molecule has 1 aromatic carbocycles. The third kappa shape index (κ3) is 2.56. The van der Waals surface area contributed by atoms with Crippen molar-refractivity contribution in [2.24, 2.45) is 5.92 Å². The Morgan fingerprint density at radius 2 is 1.95 bits per heavy atom. The van der Waals surface area contributed by atoms with Crippen molar-refractivity contribution in [3.8, 4) is 0 Å². The number of aliphatic hydroxyl groups is 1. The molecule has 0 bridgehead atoms. The molecule has 1 heterocycles. The van der Waals surface area contributed by atoms with Crippen LogP contribution in [0.2, 0.25) is 0 Å². The minimum atomic E-state index is -0.609. The second-order valence-electron chi connectivity index (χ2n) is 6.33. The van der Waals surface area contributed by atoms with E-state index in [1.807, 2.05) is 12.1 Å². The zero-order chi connectivity index (χ0) is 14.1. The van der Waals surface area contributed by atoms with Crippen molar-refractivity contribution in [2.45, 2.75) is 57.6 Å². The zero-order valence-electron chi connectivity index (χ0n) is 12.2. The summed E-state index contributed by atoms with van der Waals surface area (Å²) in [5.41, 5.74) is 1.38. The van der Waals surface area contributed by atoms with E-state index < -0.39 is 6.10 Å². The van der Waals surface area contributed by atoms with Crippen LogP contribution in [0.1, 0.15) is 57.1 Å². The van der Waals surface area contributed by atoms with E-state index in [4.69, 9.17) is 0 Å². The largest absolute Gasteiger partial charge is 0.389 e. The first-order valence-electron chi connectivity index (χ1n) is 7.91. The predicted octanol–water partition coefficient (Wildman–Crippen LogP) is 4.04. The van der Waals surface area contributed by atoms with E-state index in [0.717, 1.165) is 18.2 Å². The van der Waals surface area contributed by atoms with Crippen molar-refractivity contribution in [1.29, 1.82) is 0 Å². The predicted molar refractivity (Wildman–Crippen MR) is 79.4 cm³/mol. The Morgan fingerprint density at radius 3 is 2.60 bits per heavy atom. The average Bonchev–Trinajstić information content (AvgIpc) is 3.09. The highest BCUT2D eigenvalue weighted by atomic mass is 19.1. The van der Waals surface area contributed by atoms with Crippen LogP contribution in [0.25, 0.3) is 0 Å². The van der Waals surface area contributed by atoms with E-state index in [-0.39, 0.29) is 5.82 Å². The van der Waals surface area contributed by atoms with Crippen molar-refractivity contribution >= 4 is 5.69 Å². The van der Waals surface area contributed by atoms with Gasteiger partial charge in [-0.15, -0.1) is 0 Å². The van der Waals surface area contributed by atoms with Crippen LogP contribution in [0.4, 0.5) is 10.1 Å². The van der Waals surface area contributed by atoms with E-state index in [2.05, 4.69) is 4.90 Å². The Labute approximate surface area is 120 Å². The fourth-order valence-corrected chi connectivity index (χ4v) is 3.94. The summed E-state index contributed by atoms with van der Waals surface area (Å²) < 4.78 is 14.4. The monoisotopic (exact) mass is 277 g/mol. The molecule has 0 amide bonds. The maximum atomic E-state index is 14.4. The highest BCUT2D eigenvalue weighted by Gasteiger charge is 2.34. The van der Waals surface area contributed by atoms with Crippen molar-refractivity contribution in [3.05, 3.63) is 29.6 Å². The van der Waals surface area contributed by atoms with E-state index in [1.165, 1.54) is 44.6 Å². The van der Waals surface area contributed by atoms with E-state index in [1.54, 1.807) is 6.92 Å². The molecule has 3 rings (SSSR count). The van der Waals surface area contributed by atoms with Gasteiger partial charge >= 0.3 is 0 Å². The van der Waals surface area contributed by atoms with Crippen molar-refractivity contribution in [3.63, 3.8) is 0 Å². The van der Waals surface area contributed by atoms with Crippen molar-refractivity contribution in [2.75, 3.05) is 11.4 Å². The molecule has 2 aliphatic rings. The lowest BCUT2D eigenvalue weighted by Gasteiger charge is -2.31. The Kier molecular flexibility index (Phi) is 3.97. The van der Waals surface area contributed by atoms with Gasteiger partial charge in [-0.1, -0.05) is 18.9 Å². The molecule has 2 fully saturated rings. The Bertz CT molecular complexity index is 468. The molecule has 1 N–H and O–H groups in total. The molecule has 2 atom stereocenters. The molecule has 1 aromatic rings. The molecule has 1 unspecified atom stereocenters. The molecule has 20 heavy (non-hydrogen) atoms.